The van der Waals surface area contributed by atoms with Gasteiger partial charge in [0.2, 0.25) is 0 Å². The van der Waals surface area contributed by atoms with Gasteiger partial charge in [-0.3, -0.25) is 4.57 Å². The molecule has 0 fully saturated rings. The molecule has 0 heterocycles. The Morgan fingerprint density at radius 2 is 1.84 bits per heavy atom. The van der Waals surface area contributed by atoms with Crippen LogP contribution in [0.1, 0.15) is 71.0 Å². The van der Waals surface area contributed by atoms with Crippen LogP contribution in [0.15, 0.2) is 30.3 Å². The SMILES string of the molecule is Cc1ccc(C2CCc3cc(CP(=O)(O)O)cc(C)c32)cc1C(C)C. The average Bonchev–Trinajstić information content (AvgIpc) is 2.90. The normalized spacial score (nSPS) is 17.2. The van der Waals surface area contributed by atoms with Gasteiger partial charge in [-0.25, -0.2) is 0 Å². The minimum absolute atomic E-state index is 0.173. The summed E-state index contributed by atoms with van der Waals surface area (Å²) in [6, 6.07) is 10.8. The van der Waals surface area contributed by atoms with Gasteiger partial charge in [-0.05, 0) is 71.6 Å². The molecule has 0 saturated carbocycles. The highest BCUT2D eigenvalue weighted by molar-refractivity contribution is 7.50. The topological polar surface area (TPSA) is 57.5 Å². The molecule has 0 saturated heterocycles. The number of hydrogen-bond acceptors (Lipinski definition) is 1. The average molecular weight is 358 g/mol. The maximum atomic E-state index is 11.3. The van der Waals surface area contributed by atoms with E-state index in [1.165, 1.54) is 27.8 Å². The van der Waals surface area contributed by atoms with Crippen molar-refractivity contribution in [2.24, 2.45) is 0 Å². The van der Waals surface area contributed by atoms with E-state index in [1.807, 2.05) is 12.1 Å². The highest BCUT2D eigenvalue weighted by Gasteiger charge is 2.27. The summed E-state index contributed by atoms with van der Waals surface area (Å²) < 4.78 is 11.3. The standard InChI is InChI=1S/C21H27O3P/c1-13(2)20-11-17(6-5-14(20)3)19-8-7-18-10-16(12-25(22,23)24)9-15(4)21(18)19/h5-6,9-11,13,19H,7-8,12H2,1-4H3,(H2,22,23,24). The highest BCUT2D eigenvalue weighted by Crippen LogP contribution is 2.44. The molecule has 4 heteroatoms. The summed E-state index contributed by atoms with van der Waals surface area (Å²) in [4.78, 5) is 18.5. The Morgan fingerprint density at radius 1 is 1.12 bits per heavy atom. The van der Waals surface area contributed by atoms with E-state index in [-0.39, 0.29) is 6.16 Å². The van der Waals surface area contributed by atoms with Crippen molar-refractivity contribution in [1.82, 2.24) is 0 Å². The molecule has 2 aromatic rings. The van der Waals surface area contributed by atoms with Crippen molar-refractivity contribution >= 4 is 7.60 Å². The zero-order chi connectivity index (χ0) is 18.4. The van der Waals surface area contributed by atoms with Crippen molar-refractivity contribution in [2.75, 3.05) is 0 Å². The summed E-state index contributed by atoms with van der Waals surface area (Å²) in [5.41, 5.74) is 8.60. The largest absolute Gasteiger partial charge is 0.329 e. The molecule has 0 spiro atoms. The van der Waals surface area contributed by atoms with Crippen LogP contribution in [0.4, 0.5) is 0 Å². The van der Waals surface area contributed by atoms with Gasteiger partial charge in [-0.1, -0.05) is 44.2 Å². The Kier molecular flexibility index (Phi) is 4.94. The predicted octanol–water partition coefficient (Wildman–Crippen LogP) is 5.18. The van der Waals surface area contributed by atoms with Crippen LogP contribution < -0.4 is 0 Å². The molecule has 1 aliphatic carbocycles. The summed E-state index contributed by atoms with van der Waals surface area (Å²) in [6.45, 7) is 8.70. The molecule has 0 amide bonds. The third-order valence-electron chi connectivity index (χ3n) is 5.30. The Morgan fingerprint density at radius 3 is 2.48 bits per heavy atom. The Hall–Kier alpha value is -1.41. The van der Waals surface area contributed by atoms with Gasteiger partial charge in [0.15, 0.2) is 0 Å². The van der Waals surface area contributed by atoms with Crippen molar-refractivity contribution in [3.63, 3.8) is 0 Å². The lowest BCUT2D eigenvalue weighted by molar-refractivity contribution is 0.371. The molecule has 1 atom stereocenters. The molecule has 0 aromatic heterocycles. The van der Waals surface area contributed by atoms with Crippen LogP contribution in [0.3, 0.4) is 0 Å². The van der Waals surface area contributed by atoms with E-state index < -0.39 is 7.60 Å². The Bertz CT molecular complexity index is 848. The summed E-state index contributed by atoms with van der Waals surface area (Å²) in [6.07, 6.45) is 1.87. The summed E-state index contributed by atoms with van der Waals surface area (Å²) in [5.74, 6) is 0.893. The van der Waals surface area contributed by atoms with E-state index in [0.717, 1.165) is 24.0 Å². The van der Waals surface area contributed by atoms with E-state index in [2.05, 4.69) is 45.9 Å². The van der Waals surface area contributed by atoms with Crippen molar-refractivity contribution in [3.05, 3.63) is 69.3 Å². The summed E-state index contributed by atoms with van der Waals surface area (Å²) in [7, 11) is -4.03. The predicted molar refractivity (Wildman–Crippen MR) is 102 cm³/mol. The molecule has 134 valence electrons. The van der Waals surface area contributed by atoms with Crippen molar-refractivity contribution in [1.29, 1.82) is 0 Å². The van der Waals surface area contributed by atoms with Crippen LogP contribution in [0, 0.1) is 13.8 Å². The highest BCUT2D eigenvalue weighted by atomic mass is 31.2. The van der Waals surface area contributed by atoms with E-state index in [4.69, 9.17) is 0 Å². The minimum atomic E-state index is -4.03. The van der Waals surface area contributed by atoms with E-state index in [1.54, 1.807) is 0 Å². The number of fused-ring (bicyclic) bond motifs is 1. The third-order valence-corrected chi connectivity index (χ3v) is 6.08. The van der Waals surface area contributed by atoms with Gasteiger partial charge in [-0.2, -0.15) is 0 Å². The first kappa shape index (κ1) is 18.4. The molecular weight excluding hydrogens is 331 g/mol. The van der Waals surface area contributed by atoms with E-state index >= 15 is 0 Å². The molecule has 25 heavy (non-hydrogen) atoms. The number of benzene rings is 2. The molecule has 1 aliphatic rings. The molecule has 0 bridgehead atoms. The van der Waals surface area contributed by atoms with Crippen LogP contribution in [-0.4, -0.2) is 9.79 Å². The first-order chi connectivity index (χ1) is 11.7. The first-order valence-corrected chi connectivity index (χ1v) is 10.7. The maximum Gasteiger partial charge on any atom is 0.329 e. The van der Waals surface area contributed by atoms with Crippen molar-refractivity contribution < 1.29 is 14.4 Å². The Labute approximate surface area is 150 Å². The van der Waals surface area contributed by atoms with Crippen molar-refractivity contribution in [2.45, 2.75) is 58.5 Å². The second-order valence-electron chi connectivity index (χ2n) is 7.67. The van der Waals surface area contributed by atoms with Gasteiger partial charge in [0.25, 0.3) is 0 Å². The molecule has 1 unspecified atom stereocenters. The lowest BCUT2D eigenvalue weighted by atomic mass is 9.86. The number of rotatable bonds is 4. The zero-order valence-corrected chi connectivity index (χ0v) is 16.3. The quantitative estimate of drug-likeness (QED) is 0.740. The molecule has 2 N–H and O–H groups in total. The lowest BCUT2D eigenvalue weighted by Gasteiger charge is -2.19. The van der Waals surface area contributed by atoms with E-state index in [9.17, 15) is 14.4 Å². The van der Waals surface area contributed by atoms with Gasteiger partial charge < -0.3 is 9.79 Å². The maximum absolute atomic E-state index is 11.3. The second kappa shape index (κ2) is 6.72. The van der Waals surface area contributed by atoms with Gasteiger partial charge in [-0.15, -0.1) is 0 Å². The van der Waals surface area contributed by atoms with Crippen LogP contribution in [-0.2, 0) is 17.1 Å². The molecule has 0 radical (unpaired) electrons. The van der Waals surface area contributed by atoms with E-state index in [0.29, 0.717) is 11.8 Å². The number of aryl methyl sites for hydroxylation is 3. The van der Waals surface area contributed by atoms with Gasteiger partial charge in [0.05, 0.1) is 6.16 Å². The summed E-state index contributed by atoms with van der Waals surface area (Å²) in [5, 5.41) is 0. The van der Waals surface area contributed by atoms with Gasteiger partial charge in [0, 0.05) is 5.92 Å². The fourth-order valence-electron chi connectivity index (χ4n) is 4.26. The molecule has 3 rings (SSSR count). The summed E-state index contributed by atoms with van der Waals surface area (Å²) >= 11 is 0. The van der Waals surface area contributed by atoms with Gasteiger partial charge in [0.1, 0.15) is 0 Å². The third kappa shape index (κ3) is 3.89. The fourth-order valence-corrected chi connectivity index (χ4v) is 4.92. The number of hydrogen-bond donors (Lipinski definition) is 2. The van der Waals surface area contributed by atoms with Gasteiger partial charge >= 0.3 is 7.60 Å². The first-order valence-electron chi connectivity index (χ1n) is 8.93. The molecular formula is C21H27O3P. The monoisotopic (exact) mass is 358 g/mol. The van der Waals surface area contributed by atoms with Crippen LogP contribution >= 0.6 is 7.60 Å². The smallest absolute Gasteiger partial charge is 0.324 e. The minimum Gasteiger partial charge on any atom is -0.324 e. The van der Waals surface area contributed by atoms with Crippen LogP contribution in [0.5, 0.6) is 0 Å². The van der Waals surface area contributed by atoms with Crippen LogP contribution in [0.25, 0.3) is 0 Å². The lowest BCUT2D eigenvalue weighted by Crippen LogP contribution is -2.02. The second-order valence-corrected chi connectivity index (χ2v) is 9.32. The van der Waals surface area contributed by atoms with Crippen LogP contribution in [0.2, 0.25) is 0 Å². The molecule has 3 nitrogen and oxygen atoms in total. The Balaban J connectivity index is 2.00. The fraction of sp³-hybridized carbons (Fsp3) is 0.429. The van der Waals surface area contributed by atoms with Crippen molar-refractivity contribution in [3.8, 4) is 0 Å². The zero-order valence-electron chi connectivity index (χ0n) is 15.4. The molecule has 0 aliphatic heterocycles. The molecule has 2 aromatic carbocycles.